The minimum absolute atomic E-state index is 0.0549. The largest absolute Gasteiger partial charge is 0.461 e. The molecule has 6 N–H and O–H groups in total. The number of esters is 2. The molecule has 0 aliphatic carbocycles. The van der Waals surface area contributed by atoms with Gasteiger partial charge in [0.15, 0.2) is 0 Å². The van der Waals surface area contributed by atoms with Crippen LogP contribution in [-0.4, -0.2) is 69.2 Å². The number of nitrogens with one attached hydrogen (secondary N) is 6. The Bertz CT molecular complexity index is 2370. The van der Waals surface area contributed by atoms with Crippen LogP contribution in [0.4, 0.5) is 40.0 Å². The Kier molecular flexibility index (Phi) is 19.3. The van der Waals surface area contributed by atoms with Crippen LogP contribution in [0.2, 0.25) is 0 Å². The molecule has 330 valence electrons. The quantitative estimate of drug-likeness (QED) is 0.0182. The molecule has 18 nitrogen and oxygen atoms in total. The van der Waals surface area contributed by atoms with Crippen LogP contribution in [0.1, 0.15) is 83.0 Å². The number of rotatable bonds is 23. The van der Waals surface area contributed by atoms with Crippen molar-refractivity contribution in [3.05, 3.63) is 92.9 Å². The first kappa shape index (κ1) is 48.1. The summed E-state index contributed by atoms with van der Waals surface area (Å²) in [6, 6.07) is 18.6. The molecular formula is C45H54N12O6. The molecule has 0 saturated heterocycles. The van der Waals surface area contributed by atoms with E-state index in [1.165, 1.54) is 18.2 Å². The maximum absolute atomic E-state index is 12.7. The number of nitriles is 2. The van der Waals surface area contributed by atoms with Crippen LogP contribution in [0.3, 0.4) is 0 Å². The summed E-state index contributed by atoms with van der Waals surface area (Å²) in [6.07, 6.45) is 7.83. The lowest BCUT2D eigenvalue weighted by atomic mass is 10.0. The van der Waals surface area contributed by atoms with Crippen molar-refractivity contribution in [3.8, 4) is 12.1 Å². The van der Waals surface area contributed by atoms with E-state index in [9.17, 15) is 29.7 Å². The molecular weight excluding hydrogens is 805 g/mol. The molecule has 2 amide bonds. The number of H-pyrrole nitrogens is 1. The number of aryl methyl sites for hydroxylation is 1. The summed E-state index contributed by atoms with van der Waals surface area (Å²) in [4.78, 5) is 69.3. The van der Waals surface area contributed by atoms with E-state index < -0.39 is 18.0 Å². The van der Waals surface area contributed by atoms with Crippen molar-refractivity contribution in [3.63, 3.8) is 0 Å². The summed E-state index contributed by atoms with van der Waals surface area (Å²) in [7, 11) is 0. The van der Waals surface area contributed by atoms with Crippen molar-refractivity contribution in [2.45, 2.75) is 73.1 Å². The number of ether oxygens (including phenoxy) is 2. The summed E-state index contributed by atoms with van der Waals surface area (Å²) in [6.45, 7) is 11.0. The number of unbranched alkanes of at least 4 members (excludes halogenated alkanes) is 1. The van der Waals surface area contributed by atoms with Crippen molar-refractivity contribution >= 4 is 65.3 Å². The smallest absolute Gasteiger partial charge is 0.348 e. The van der Waals surface area contributed by atoms with Crippen molar-refractivity contribution in [1.82, 2.24) is 30.2 Å². The standard InChI is InChI=1S/C45H54N12O6/c1-6-11-31(8-3)28-63-40(60)35(26-47)24-33-14-18-37(19-15-33)52-44-55-41(48-20-9-10-21-49-45(61)57-42-50-30(5)22-38(58)53-42)54-43(56-44)51-36-16-12-32(13-17-36)23-34(25-46)39(59)62-27-29(4)7-2/h12-19,22-24,29,31H,6-11,20-21,27-28H2,1-5H3,(H3,48,51,52,54,55,56)(H3,49,50,53,57,58,61). The van der Waals surface area contributed by atoms with E-state index in [1.807, 2.05) is 32.9 Å². The van der Waals surface area contributed by atoms with Crippen LogP contribution in [0.25, 0.3) is 12.2 Å². The molecule has 0 spiro atoms. The molecule has 2 atom stereocenters. The predicted molar refractivity (Wildman–Crippen MR) is 241 cm³/mol. The average Bonchev–Trinajstić information content (AvgIpc) is 3.26. The lowest BCUT2D eigenvalue weighted by molar-refractivity contribution is -0.140. The summed E-state index contributed by atoms with van der Waals surface area (Å²) in [5, 5.41) is 34.0. The van der Waals surface area contributed by atoms with Gasteiger partial charge in [-0.3, -0.25) is 15.1 Å². The number of benzene rings is 2. The first-order valence-corrected chi connectivity index (χ1v) is 20.9. The highest BCUT2D eigenvalue weighted by atomic mass is 16.5. The molecule has 0 bridgehead atoms. The number of hydrogen-bond donors (Lipinski definition) is 6. The molecule has 2 aromatic carbocycles. The third kappa shape index (κ3) is 16.8. The molecule has 0 saturated carbocycles. The van der Waals surface area contributed by atoms with Gasteiger partial charge in [-0.05, 0) is 85.6 Å². The molecule has 0 fully saturated rings. The summed E-state index contributed by atoms with van der Waals surface area (Å²) in [5.74, 6) is -0.200. The number of amides is 2. The van der Waals surface area contributed by atoms with Crippen LogP contribution in [0, 0.1) is 41.4 Å². The molecule has 4 rings (SSSR count). The van der Waals surface area contributed by atoms with Gasteiger partial charge in [0.25, 0.3) is 5.56 Å². The lowest BCUT2D eigenvalue weighted by Gasteiger charge is -2.13. The topological polar surface area (TPSA) is 262 Å². The average molecular weight is 859 g/mol. The SMILES string of the molecule is CCCC(CC)COC(=O)C(C#N)=Cc1ccc(Nc2nc(NCCCCNC(=O)Nc3nc(C)cc(=O)[nH]3)nc(Nc3ccc(C=C(C#N)C(=O)OCC(C)CC)cc3)n2)cc1. The van der Waals surface area contributed by atoms with E-state index in [4.69, 9.17) is 9.47 Å². The van der Waals surface area contributed by atoms with Crippen molar-refractivity contribution in [2.75, 3.05) is 47.6 Å². The third-order valence-corrected chi connectivity index (χ3v) is 9.47. The molecule has 18 heteroatoms. The Morgan fingerprint density at radius 3 is 1.81 bits per heavy atom. The number of aromatic amines is 1. The van der Waals surface area contributed by atoms with Gasteiger partial charge in [-0.2, -0.15) is 25.5 Å². The number of anilines is 6. The van der Waals surface area contributed by atoms with E-state index in [-0.39, 0.29) is 65.5 Å². The number of aromatic nitrogens is 5. The highest BCUT2D eigenvalue weighted by Crippen LogP contribution is 2.22. The Morgan fingerprint density at radius 2 is 1.30 bits per heavy atom. The number of nitrogens with zero attached hydrogens (tertiary/aromatic N) is 6. The molecule has 63 heavy (non-hydrogen) atoms. The van der Waals surface area contributed by atoms with Gasteiger partial charge < -0.3 is 30.7 Å². The monoisotopic (exact) mass is 858 g/mol. The number of urea groups is 1. The fraction of sp³-hybridized carbons (Fsp3) is 0.378. The van der Waals surface area contributed by atoms with Crippen LogP contribution in [-0.2, 0) is 19.1 Å². The highest BCUT2D eigenvalue weighted by Gasteiger charge is 2.16. The molecule has 2 heterocycles. The van der Waals surface area contributed by atoms with Crippen molar-refractivity contribution in [2.24, 2.45) is 11.8 Å². The minimum Gasteiger partial charge on any atom is -0.461 e. The minimum atomic E-state index is -0.678. The zero-order valence-electron chi connectivity index (χ0n) is 36.2. The summed E-state index contributed by atoms with van der Waals surface area (Å²) >= 11 is 0. The summed E-state index contributed by atoms with van der Waals surface area (Å²) in [5.41, 5.74) is 2.35. The fourth-order valence-corrected chi connectivity index (χ4v) is 5.70. The van der Waals surface area contributed by atoms with E-state index in [0.717, 1.165) is 25.7 Å². The third-order valence-electron chi connectivity index (χ3n) is 9.47. The second kappa shape index (κ2) is 25.2. The van der Waals surface area contributed by atoms with Gasteiger partial charge in [-0.15, -0.1) is 0 Å². The Hall–Kier alpha value is -7.60. The fourth-order valence-electron chi connectivity index (χ4n) is 5.70. The zero-order chi connectivity index (χ0) is 45.6. The predicted octanol–water partition coefficient (Wildman–Crippen LogP) is 7.54. The van der Waals surface area contributed by atoms with E-state index in [1.54, 1.807) is 55.5 Å². The number of carbonyl (C=O) groups excluding carboxylic acids is 3. The molecule has 2 unspecified atom stereocenters. The second-order valence-corrected chi connectivity index (χ2v) is 14.7. The maximum Gasteiger partial charge on any atom is 0.348 e. The van der Waals surface area contributed by atoms with Gasteiger partial charge in [0, 0.05) is 36.2 Å². The number of hydrogen-bond acceptors (Lipinski definition) is 15. The van der Waals surface area contributed by atoms with Crippen LogP contribution in [0.5, 0.6) is 0 Å². The van der Waals surface area contributed by atoms with Gasteiger partial charge in [0.2, 0.25) is 23.8 Å². The van der Waals surface area contributed by atoms with Gasteiger partial charge in [0.1, 0.15) is 23.3 Å². The zero-order valence-corrected chi connectivity index (χ0v) is 36.2. The van der Waals surface area contributed by atoms with Gasteiger partial charge in [0.05, 0.1) is 13.2 Å². The number of carbonyl (C=O) groups is 3. The van der Waals surface area contributed by atoms with Crippen molar-refractivity contribution in [1.29, 1.82) is 10.5 Å². The highest BCUT2D eigenvalue weighted by molar-refractivity contribution is 5.98. The van der Waals surface area contributed by atoms with E-state index in [0.29, 0.717) is 54.1 Å². The molecule has 0 radical (unpaired) electrons. The first-order chi connectivity index (χ1) is 30.4. The van der Waals surface area contributed by atoms with E-state index in [2.05, 4.69) is 58.4 Å². The Morgan fingerprint density at radius 1 is 0.762 bits per heavy atom. The van der Waals surface area contributed by atoms with Gasteiger partial charge in [-0.25, -0.2) is 19.4 Å². The molecule has 0 aliphatic heterocycles. The Balaban J connectivity index is 1.45. The van der Waals surface area contributed by atoms with Crippen LogP contribution >= 0.6 is 0 Å². The second-order valence-electron chi connectivity index (χ2n) is 14.7. The van der Waals surface area contributed by atoms with E-state index >= 15 is 0 Å². The van der Waals surface area contributed by atoms with Gasteiger partial charge in [-0.1, -0.05) is 71.2 Å². The molecule has 4 aromatic rings. The van der Waals surface area contributed by atoms with Crippen LogP contribution in [0.15, 0.2) is 70.5 Å². The normalized spacial score (nSPS) is 12.2. The van der Waals surface area contributed by atoms with Gasteiger partial charge >= 0.3 is 18.0 Å². The first-order valence-electron chi connectivity index (χ1n) is 20.9. The van der Waals surface area contributed by atoms with Crippen molar-refractivity contribution < 1.29 is 23.9 Å². The van der Waals surface area contributed by atoms with Crippen LogP contribution < -0.4 is 32.1 Å². The molecule has 0 aliphatic rings. The summed E-state index contributed by atoms with van der Waals surface area (Å²) < 4.78 is 10.7. The Labute approximate surface area is 366 Å². The molecule has 2 aromatic heterocycles. The lowest BCUT2D eigenvalue weighted by Crippen LogP contribution is -2.31. The maximum atomic E-state index is 12.7.